The van der Waals surface area contributed by atoms with Gasteiger partial charge in [0.05, 0.1) is 10.0 Å². The lowest BCUT2D eigenvalue weighted by Gasteiger charge is -2.34. The number of rotatable bonds is 4. The van der Waals surface area contributed by atoms with Crippen LogP contribution in [0.2, 0.25) is 20.1 Å². The molecular weight excluding hydrogens is 482 g/mol. The molecule has 1 unspecified atom stereocenters. The van der Waals surface area contributed by atoms with Crippen molar-refractivity contribution in [2.75, 3.05) is 0 Å². The van der Waals surface area contributed by atoms with Crippen LogP contribution in [0.25, 0.3) is 0 Å². The first-order chi connectivity index (χ1) is 13.5. The number of phenolic OH excluding ortho intramolecular Hbond substituents is 2. The molecule has 5 nitrogen and oxygen atoms in total. The molecule has 0 aliphatic rings. The third-order valence-corrected chi connectivity index (χ3v) is 7.03. The van der Waals surface area contributed by atoms with Crippen LogP contribution in [-0.2, 0) is 14.9 Å². The normalized spacial score (nSPS) is 13.8. The summed E-state index contributed by atoms with van der Waals surface area (Å²) in [6.45, 7) is 0. The standard InChI is InChI=1S/C19H12Cl4O5S/c20-12-3-1-2-11(8-12)19(29(26,27)28,10-4-6-13(24)7-5-10)16-14(21)9-15(22)18(25)17(16)23/h1-9,24-25H,(H,26,27,28). The molecule has 29 heavy (non-hydrogen) atoms. The van der Waals surface area contributed by atoms with Gasteiger partial charge in [-0.25, -0.2) is 0 Å². The molecule has 0 saturated heterocycles. The van der Waals surface area contributed by atoms with E-state index in [4.69, 9.17) is 46.4 Å². The molecule has 152 valence electrons. The van der Waals surface area contributed by atoms with Gasteiger partial charge in [-0.3, -0.25) is 4.55 Å². The number of benzene rings is 3. The second kappa shape index (κ2) is 7.87. The Morgan fingerprint density at radius 3 is 1.97 bits per heavy atom. The fourth-order valence-corrected chi connectivity index (χ4v) is 5.87. The van der Waals surface area contributed by atoms with Crippen LogP contribution < -0.4 is 0 Å². The van der Waals surface area contributed by atoms with Crippen molar-refractivity contribution in [3.8, 4) is 11.5 Å². The van der Waals surface area contributed by atoms with Crippen LogP contribution >= 0.6 is 46.4 Å². The quantitative estimate of drug-likeness (QED) is 0.311. The van der Waals surface area contributed by atoms with Crippen LogP contribution in [0.15, 0.2) is 54.6 Å². The van der Waals surface area contributed by atoms with Crippen molar-refractivity contribution < 1.29 is 23.2 Å². The summed E-state index contributed by atoms with van der Waals surface area (Å²) in [6.07, 6.45) is 0. The van der Waals surface area contributed by atoms with E-state index >= 15 is 0 Å². The second-order valence-corrected chi connectivity index (χ2v) is 9.28. The molecule has 0 amide bonds. The van der Waals surface area contributed by atoms with E-state index in [1.54, 1.807) is 0 Å². The number of aromatic hydroxyl groups is 2. The van der Waals surface area contributed by atoms with Crippen molar-refractivity contribution in [2.24, 2.45) is 0 Å². The van der Waals surface area contributed by atoms with Crippen LogP contribution in [0.4, 0.5) is 0 Å². The summed E-state index contributed by atoms with van der Waals surface area (Å²) in [5, 5.41) is 19.2. The summed E-state index contributed by atoms with van der Waals surface area (Å²) in [7, 11) is -5.05. The topological polar surface area (TPSA) is 94.8 Å². The molecule has 0 heterocycles. The molecule has 3 rings (SSSR count). The van der Waals surface area contributed by atoms with Gasteiger partial charge in [-0.05, 0) is 41.5 Å². The van der Waals surface area contributed by atoms with Gasteiger partial charge in [-0.1, -0.05) is 70.7 Å². The molecule has 0 saturated carbocycles. The van der Waals surface area contributed by atoms with E-state index in [0.29, 0.717) is 0 Å². The highest BCUT2D eigenvalue weighted by atomic mass is 35.5. The maximum atomic E-state index is 13.0. The molecule has 3 N–H and O–H groups in total. The monoisotopic (exact) mass is 492 g/mol. The molecule has 0 aromatic heterocycles. The van der Waals surface area contributed by atoms with Crippen molar-refractivity contribution in [2.45, 2.75) is 4.75 Å². The number of phenols is 2. The first-order valence-corrected chi connectivity index (χ1v) is 10.8. The predicted molar refractivity (Wildman–Crippen MR) is 114 cm³/mol. The molecule has 0 aliphatic heterocycles. The predicted octanol–water partition coefficient (Wildman–Crippen LogP) is 5.89. The van der Waals surface area contributed by atoms with E-state index in [1.807, 2.05) is 0 Å². The van der Waals surface area contributed by atoms with Crippen molar-refractivity contribution >= 4 is 56.5 Å². The van der Waals surface area contributed by atoms with Gasteiger partial charge in [0, 0.05) is 15.6 Å². The van der Waals surface area contributed by atoms with Crippen LogP contribution in [0.1, 0.15) is 16.7 Å². The summed E-state index contributed by atoms with van der Waals surface area (Å²) >= 11 is 24.6. The number of hydrogen-bond acceptors (Lipinski definition) is 4. The minimum atomic E-state index is -5.05. The lowest BCUT2D eigenvalue weighted by atomic mass is 9.83. The van der Waals surface area contributed by atoms with Crippen LogP contribution in [-0.4, -0.2) is 23.2 Å². The molecular formula is C19H12Cl4O5S. The Balaban J connectivity index is 2.62. The van der Waals surface area contributed by atoms with Gasteiger partial charge in [-0.15, -0.1) is 0 Å². The minimum absolute atomic E-state index is 0.00344. The fraction of sp³-hybridized carbons (Fsp3) is 0.0526. The largest absolute Gasteiger partial charge is 0.508 e. The zero-order chi connectivity index (χ0) is 21.6. The van der Waals surface area contributed by atoms with E-state index in [1.165, 1.54) is 48.5 Å². The summed E-state index contributed by atoms with van der Waals surface area (Å²) in [5.74, 6) is -0.748. The molecule has 0 aliphatic carbocycles. The number of hydrogen-bond donors (Lipinski definition) is 3. The van der Waals surface area contributed by atoms with Gasteiger partial charge in [-0.2, -0.15) is 8.42 Å². The average Bonchev–Trinajstić information content (AvgIpc) is 2.63. The molecule has 0 fully saturated rings. The van der Waals surface area contributed by atoms with Gasteiger partial charge in [0.15, 0.2) is 10.5 Å². The fourth-order valence-electron chi connectivity index (χ4n) is 3.19. The van der Waals surface area contributed by atoms with E-state index in [-0.39, 0.29) is 37.5 Å². The lowest BCUT2D eigenvalue weighted by Crippen LogP contribution is -2.39. The van der Waals surface area contributed by atoms with Gasteiger partial charge >= 0.3 is 0 Å². The highest BCUT2D eigenvalue weighted by Gasteiger charge is 2.51. The summed E-state index contributed by atoms with van der Waals surface area (Å²) < 4.78 is 34.0. The maximum Gasteiger partial charge on any atom is 0.283 e. The zero-order valence-electron chi connectivity index (χ0n) is 14.3. The van der Waals surface area contributed by atoms with Crippen LogP contribution in [0.5, 0.6) is 11.5 Å². The Bertz CT molecular complexity index is 1200. The summed E-state index contributed by atoms with van der Waals surface area (Å²) in [6, 6.07) is 11.9. The second-order valence-electron chi connectivity index (χ2n) is 6.09. The third-order valence-electron chi connectivity index (χ3n) is 4.39. The molecule has 3 aromatic rings. The highest BCUT2D eigenvalue weighted by Crippen LogP contribution is 2.52. The van der Waals surface area contributed by atoms with Crippen molar-refractivity contribution in [1.82, 2.24) is 0 Å². The third kappa shape index (κ3) is 3.65. The highest BCUT2D eigenvalue weighted by molar-refractivity contribution is 7.87. The molecule has 0 spiro atoms. The zero-order valence-corrected chi connectivity index (χ0v) is 18.1. The molecule has 10 heteroatoms. The maximum absolute atomic E-state index is 13.0. The van der Waals surface area contributed by atoms with Crippen molar-refractivity contribution in [3.05, 3.63) is 91.4 Å². The van der Waals surface area contributed by atoms with Crippen molar-refractivity contribution in [1.29, 1.82) is 0 Å². The Morgan fingerprint density at radius 2 is 1.41 bits per heavy atom. The minimum Gasteiger partial charge on any atom is -0.508 e. The lowest BCUT2D eigenvalue weighted by molar-refractivity contribution is 0.455. The van der Waals surface area contributed by atoms with E-state index in [0.717, 1.165) is 6.07 Å². The first-order valence-electron chi connectivity index (χ1n) is 7.89. The van der Waals surface area contributed by atoms with E-state index in [9.17, 15) is 23.2 Å². The van der Waals surface area contributed by atoms with Gasteiger partial charge in [0.2, 0.25) is 0 Å². The van der Waals surface area contributed by atoms with Gasteiger partial charge in [0.25, 0.3) is 10.1 Å². The van der Waals surface area contributed by atoms with Crippen LogP contribution in [0, 0.1) is 0 Å². The molecule has 1 atom stereocenters. The Morgan fingerprint density at radius 1 is 0.793 bits per heavy atom. The SMILES string of the molecule is O=S(=O)(O)C(c1ccc(O)cc1)(c1cccc(Cl)c1)c1c(Cl)cc(Cl)c(O)c1Cl. The van der Waals surface area contributed by atoms with Crippen molar-refractivity contribution in [3.63, 3.8) is 0 Å². The van der Waals surface area contributed by atoms with Gasteiger partial charge < -0.3 is 10.2 Å². The smallest absolute Gasteiger partial charge is 0.283 e. The Kier molecular flexibility index (Phi) is 5.98. The molecule has 3 aromatic carbocycles. The average molecular weight is 494 g/mol. The van der Waals surface area contributed by atoms with E-state index < -0.39 is 25.6 Å². The molecule has 0 radical (unpaired) electrons. The Hall–Kier alpha value is -1.67. The summed E-state index contributed by atoms with van der Waals surface area (Å²) in [5.41, 5.74) is -0.326. The van der Waals surface area contributed by atoms with E-state index in [2.05, 4.69) is 0 Å². The van der Waals surface area contributed by atoms with Gasteiger partial charge in [0.1, 0.15) is 5.75 Å². The first kappa shape index (κ1) is 22.0. The number of halogens is 4. The Labute approximate surface area is 186 Å². The van der Waals surface area contributed by atoms with Crippen LogP contribution in [0.3, 0.4) is 0 Å². The summed E-state index contributed by atoms with van der Waals surface area (Å²) in [4.78, 5) is 0. The molecule has 0 bridgehead atoms.